The van der Waals surface area contributed by atoms with E-state index in [0.717, 1.165) is 21.6 Å². The van der Waals surface area contributed by atoms with Crippen LogP contribution in [0.2, 0.25) is 0 Å². The van der Waals surface area contributed by atoms with E-state index in [-0.39, 0.29) is 0 Å². The summed E-state index contributed by atoms with van der Waals surface area (Å²) >= 11 is 1.61. The highest BCUT2D eigenvalue weighted by Crippen LogP contribution is 2.36. The molecule has 1 aromatic carbocycles. The van der Waals surface area contributed by atoms with E-state index < -0.39 is 0 Å². The van der Waals surface area contributed by atoms with E-state index in [1.807, 2.05) is 12.3 Å². The molecule has 2 nitrogen and oxygen atoms in total. The lowest BCUT2D eigenvalue weighted by atomic mass is 10.0. The Morgan fingerprint density at radius 3 is 2.78 bits per heavy atom. The molecule has 0 saturated heterocycles. The summed E-state index contributed by atoms with van der Waals surface area (Å²) in [5, 5.41) is 3.05. The average Bonchev–Trinajstić information content (AvgIpc) is 2.70. The molecule has 0 aliphatic rings. The van der Waals surface area contributed by atoms with Crippen molar-refractivity contribution >= 4 is 27.2 Å². The molecule has 2 heterocycles. The highest BCUT2D eigenvalue weighted by atomic mass is 32.1. The number of benzene rings is 1. The van der Waals surface area contributed by atoms with Crippen LogP contribution >= 0.6 is 11.3 Å². The SMILES string of the molecule is Cc1cccc(-c2cc(C)nc3scc(N)c23)c1. The number of nitrogens with two attached hydrogens (primary N) is 1. The molecule has 3 aromatic rings. The molecule has 0 aliphatic heterocycles. The highest BCUT2D eigenvalue weighted by molar-refractivity contribution is 7.17. The summed E-state index contributed by atoms with van der Waals surface area (Å²) in [6.07, 6.45) is 0. The molecule has 18 heavy (non-hydrogen) atoms. The Bertz CT molecular complexity index is 728. The predicted octanol–water partition coefficient (Wildman–Crippen LogP) is 4.16. The fourth-order valence-electron chi connectivity index (χ4n) is 2.23. The third-order valence-corrected chi connectivity index (χ3v) is 3.92. The molecule has 0 bridgehead atoms. The van der Waals surface area contributed by atoms with Gasteiger partial charge < -0.3 is 5.73 Å². The van der Waals surface area contributed by atoms with E-state index in [0.29, 0.717) is 0 Å². The zero-order valence-corrected chi connectivity index (χ0v) is 11.2. The van der Waals surface area contributed by atoms with Gasteiger partial charge in [-0.3, -0.25) is 0 Å². The molecule has 0 amide bonds. The van der Waals surface area contributed by atoms with Gasteiger partial charge >= 0.3 is 0 Å². The van der Waals surface area contributed by atoms with Gasteiger partial charge in [-0.25, -0.2) is 4.98 Å². The Hall–Kier alpha value is -1.87. The first kappa shape index (κ1) is 11.2. The van der Waals surface area contributed by atoms with E-state index in [9.17, 15) is 0 Å². The van der Waals surface area contributed by atoms with Crippen molar-refractivity contribution in [3.63, 3.8) is 0 Å². The van der Waals surface area contributed by atoms with E-state index in [1.165, 1.54) is 16.7 Å². The number of pyridine rings is 1. The average molecular weight is 254 g/mol. The van der Waals surface area contributed by atoms with Gasteiger partial charge in [0.05, 0.1) is 5.69 Å². The van der Waals surface area contributed by atoms with Crippen LogP contribution in [0.3, 0.4) is 0 Å². The molecular formula is C15H14N2S. The number of nitrogens with zero attached hydrogens (tertiary/aromatic N) is 1. The van der Waals surface area contributed by atoms with E-state index >= 15 is 0 Å². The molecule has 2 aromatic heterocycles. The monoisotopic (exact) mass is 254 g/mol. The lowest BCUT2D eigenvalue weighted by Crippen LogP contribution is -1.89. The van der Waals surface area contributed by atoms with Crippen molar-refractivity contribution < 1.29 is 0 Å². The number of hydrogen-bond donors (Lipinski definition) is 1. The number of aryl methyl sites for hydroxylation is 2. The van der Waals surface area contributed by atoms with Crippen molar-refractivity contribution in [2.24, 2.45) is 0 Å². The quantitative estimate of drug-likeness (QED) is 0.708. The fraction of sp³-hybridized carbons (Fsp3) is 0.133. The minimum atomic E-state index is 0.819. The Balaban J connectivity index is 2.37. The number of rotatable bonds is 1. The molecule has 0 unspecified atom stereocenters. The molecule has 3 rings (SSSR count). The van der Waals surface area contributed by atoms with Gasteiger partial charge in [-0.2, -0.15) is 0 Å². The van der Waals surface area contributed by atoms with Gasteiger partial charge in [-0.15, -0.1) is 11.3 Å². The molecular weight excluding hydrogens is 240 g/mol. The largest absolute Gasteiger partial charge is 0.397 e. The van der Waals surface area contributed by atoms with E-state index in [1.54, 1.807) is 11.3 Å². The zero-order chi connectivity index (χ0) is 12.7. The molecule has 0 atom stereocenters. The molecule has 2 N–H and O–H groups in total. The van der Waals surface area contributed by atoms with Crippen LogP contribution in [0.4, 0.5) is 5.69 Å². The van der Waals surface area contributed by atoms with Crippen LogP contribution in [-0.2, 0) is 0 Å². The molecule has 0 spiro atoms. The molecule has 3 heteroatoms. The Morgan fingerprint density at radius 1 is 1.17 bits per heavy atom. The van der Waals surface area contributed by atoms with E-state index in [2.05, 4.69) is 42.2 Å². The maximum Gasteiger partial charge on any atom is 0.126 e. The van der Waals surface area contributed by atoms with Crippen LogP contribution in [0.5, 0.6) is 0 Å². The van der Waals surface area contributed by atoms with Crippen LogP contribution in [0.15, 0.2) is 35.7 Å². The van der Waals surface area contributed by atoms with Crippen LogP contribution in [0.25, 0.3) is 21.3 Å². The molecule has 90 valence electrons. The molecule has 0 aliphatic carbocycles. The summed E-state index contributed by atoms with van der Waals surface area (Å²) in [6.45, 7) is 4.13. The summed E-state index contributed by atoms with van der Waals surface area (Å²) in [7, 11) is 0. The molecule has 0 fully saturated rings. The van der Waals surface area contributed by atoms with Crippen molar-refractivity contribution in [3.8, 4) is 11.1 Å². The minimum Gasteiger partial charge on any atom is -0.397 e. The maximum atomic E-state index is 6.07. The van der Waals surface area contributed by atoms with Gasteiger partial charge in [0.15, 0.2) is 0 Å². The zero-order valence-electron chi connectivity index (χ0n) is 10.4. The van der Waals surface area contributed by atoms with E-state index in [4.69, 9.17) is 5.73 Å². The Morgan fingerprint density at radius 2 is 2.00 bits per heavy atom. The standard InChI is InChI=1S/C15H14N2S/c1-9-4-3-5-11(6-9)12-7-10(2)17-15-14(12)13(16)8-18-15/h3-8H,16H2,1-2H3. The van der Waals surface area contributed by atoms with Gasteiger partial charge in [0.2, 0.25) is 0 Å². The first-order valence-corrected chi connectivity index (χ1v) is 6.74. The van der Waals surface area contributed by atoms with Crippen LogP contribution < -0.4 is 5.73 Å². The first-order valence-electron chi connectivity index (χ1n) is 5.86. The van der Waals surface area contributed by atoms with Gasteiger partial charge in [0.1, 0.15) is 4.83 Å². The van der Waals surface area contributed by atoms with Crippen molar-refractivity contribution in [2.45, 2.75) is 13.8 Å². The summed E-state index contributed by atoms with van der Waals surface area (Å²) in [4.78, 5) is 5.56. The Labute approximate surface area is 110 Å². The molecule has 0 radical (unpaired) electrons. The molecule has 0 saturated carbocycles. The number of anilines is 1. The number of aromatic nitrogens is 1. The smallest absolute Gasteiger partial charge is 0.126 e. The summed E-state index contributed by atoms with van der Waals surface area (Å²) < 4.78 is 0. The Kier molecular flexibility index (Phi) is 2.56. The number of nitrogen functional groups attached to an aromatic ring is 1. The second-order valence-corrected chi connectivity index (χ2v) is 5.41. The number of hydrogen-bond acceptors (Lipinski definition) is 3. The van der Waals surface area contributed by atoms with Gasteiger partial charge in [0, 0.05) is 16.5 Å². The highest BCUT2D eigenvalue weighted by Gasteiger charge is 2.11. The van der Waals surface area contributed by atoms with Crippen molar-refractivity contribution in [2.75, 3.05) is 5.73 Å². The summed E-state index contributed by atoms with van der Waals surface area (Å²) in [5.41, 5.74) is 11.6. The summed E-state index contributed by atoms with van der Waals surface area (Å²) in [6, 6.07) is 10.6. The predicted molar refractivity (Wildman–Crippen MR) is 78.9 cm³/mol. The first-order chi connectivity index (χ1) is 8.65. The number of thiophene rings is 1. The van der Waals surface area contributed by atoms with Crippen molar-refractivity contribution in [1.82, 2.24) is 4.98 Å². The minimum absolute atomic E-state index is 0.819. The van der Waals surface area contributed by atoms with Gasteiger partial charge in [-0.1, -0.05) is 29.8 Å². The fourth-order valence-corrected chi connectivity index (χ4v) is 3.13. The van der Waals surface area contributed by atoms with Crippen LogP contribution in [0, 0.1) is 13.8 Å². The number of fused-ring (bicyclic) bond motifs is 1. The van der Waals surface area contributed by atoms with Crippen molar-refractivity contribution in [3.05, 3.63) is 47.0 Å². The topological polar surface area (TPSA) is 38.9 Å². The van der Waals surface area contributed by atoms with Gasteiger partial charge in [-0.05, 0) is 31.0 Å². The second-order valence-electron chi connectivity index (χ2n) is 4.55. The lowest BCUT2D eigenvalue weighted by molar-refractivity contribution is 1.27. The van der Waals surface area contributed by atoms with Crippen LogP contribution in [0.1, 0.15) is 11.3 Å². The van der Waals surface area contributed by atoms with Gasteiger partial charge in [0.25, 0.3) is 0 Å². The second kappa shape index (κ2) is 4.10. The normalized spacial score (nSPS) is 11.0. The van der Waals surface area contributed by atoms with Crippen LogP contribution in [-0.4, -0.2) is 4.98 Å². The van der Waals surface area contributed by atoms with Crippen molar-refractivity contribution in [1.29, 1.82) is 0 Å². The summed E-state index contributed by atoms with van der Waals surface area (Å²) in [5.74, 6) is 0. The third-order valence-electron chi connectivity index (χ3n) is 3.03. The third kappa shape index (κ3) is 1.77. The maximum absolute atomic E-state index is 6.07. The lowest BCUT2D eigenvalue weighted by Gasteiger charge is -2.07.